The van der Waals surface area contributed by atoms with E-state index in [1.54, 1.807) is 0 Å². The van der Waals surface area contributed by atoms with Crippen LogP contribution in [0.1, 0.15) is 15.9 Å². The van der Waals surface area contributed by atoms with Crippen molar-refractivity contribution in [1.29, 1.82) is 0 Å². The second kappa shape index (κ2) is 8.21. The van der Waals surface area contributed by atoms with Crippen molar-refractivity contribution in [2.24, 2.45) is 4.99 Å². The van der Waals surface area contributed by atoms with Crippen LogP contribution in [0.3, 0.4) is 0 Å². The lowest BCUT2D eigenvalue weighted by atomic mass is 10.1. The van der Waals surface area contributed by atoms with Crippen LogP contribution in [0.4, 0.5) is 11.4 Å². The molecule has 0 bridgehead atoms. The zero-order valence-electron chi connectivity index (χ0n) is 15.7. The average molecular weight is 430 g/mol. The van der Waals surface area contributed by atoms with Gasteiger partial charge in [0.25, 0.3) is 17.3 Å². The van der Waals surface area contributed by atoms with Crippen molar-refractivity contribution < 1.29 is 24.2 Å². The van der Waals surface area contributed by atoms with Crippen LogP contribution >= 0.6 is 11.3 Å². The third-order valence-electron chi connectivity index (χ3n) is 4.32. The number of nitrogens with zero attached hydrogens (tertiary/aromatic N) is 4. The molecular formula is C18H14N4O7S. The first-order chi connectivity index (χ1) is 14.2. The van der Waals surface area contributed by atoms with Gasteiger partial charge in [0.1, 0.15) is 6.54 Å². The van der Waals surface area contributed by atoms with Gasteiger partial charge in [-0.15, -0.1) is 0 Å². The van der Waals surface area contributed by atoms with Gasteiger partial charge in [-0.05, 0) is 19.1 Å². The Morgan fingerprint density at radius 2 is 1.90 bits per heavy atom. The minimum absolute atomic E-state index is 0.0391. The molecule has 0 radical (unpaired) electrons. The van der Waals surface area contributed by atoms with E-state index in [0.717, 1.165) is 11.3 Å². The third-order valence-corrected chi connectivity index (χ3v) is 5.36. The van der Waals surface area contributed by atoms with E-state index in [-0.39, 0.29) is 33.8 Å². The summed E-state index contributed by atoms with van der Waals surface area (Å²) in [6.45, 7) is 1.17. The maximum atomic E-state index is 12.7. The van der Waals surface area contributed by atoms with Crippen LogP contribution in [0.5, 0.6) is 0 Å². The number of fused-ring (bicyclic) bond motifs is 1. The van der Waals surface area contributed by atoms with E-state index < -0.39 is 21.7 Å². The topological polar surface area (TPSA) is 147 Å². The van der Waals surface area contributed by atoms with E-state index in [9.17, 15) is 29.8 Å². The number of thiazole rings is 1. The van der Waals surface area contributed by atoms with E-state index >= 15 is 0 Å². The van der Waals surface area contributed by atoms with Crippen molar-refractivity contribution in [1.82, 2.24) is 4.57 Å². The van der Waals surface area contributed by atoms with Gasteiger partial charge in [0, 0.05) is 23.8 Å². The summed E-state index contributed by atoms with van der Waals surface area (Å²) < 4.78 is 6.52. The lowest BCUT2D eigenvalue weighted by Crippen LogP contribution is -2.22. The second-order valence-electron chi connectivity index (χ2n) is 6.08. The van der Waals surface area contributed by atoms with Crippen molar-refractivity contribution in [3.63, 3.8) is 0 Å². The monoisotopic (exact) mass is 430 g/mol. The number of ether oxygens (including phenoxy) is 1. The highest BCUT2D eigenvalue weighted by Crippen LogP contribution is 2.24. The summed E-state index contributed by atoms with van der Waals surface area (Å²) in [6.07, 6.45) is 0. The Labute approximate surface area is 172 Å². The number of hydrogen-bond donors (Lipinski definition) is 0. The van der Waals surface area contributed by atoms with Gasteiger partial charge in [0.2, 0.25) is 0 Å². The summed E-state index contributed by atoms with van der Waals surface area (Å²) in [6, 6.07) is 8.12. The lowest BCUT2D eigenvalue weighted by molar-refractivity contribution is -0.385. The van der Waals surface area contributed by atoms with Crippen LogP contribution in [0.15, 0.2) is 41.4 Å². The van der Waals surface area contributed by atoms with E-state index in [1.165, 1.54) is 55.0 Å². The zero-order chi connectivity index (χ0) is 22.0. The first-order valence-electron chi connectivity index (χ1n) is 8.40. The molecule has 1 aromatic heterocycles. The number of methoxy groups -OCH3 is 1. The fourth-order valence-corrected chi connectivity index (χ4v) is 3.87. The van der Waals surface area contributed by atoms with Crippen molar-refractivity contribution in [2.75, 3.05) is 7.11 Å². The third kappa shape index (κ3) is 3.93. The molecule has 1 heterocycles. The van der Waals surface area contributed by atoms with Crippen molar-refractivity contribution in [2.45, 2.75) is 13.5 Å². The van der Waals surface area contributed by atoms with Crippen LogP contribution in [0, 0.1) is 27.2 Å². The Hall–Kier alpha value is -3.93. The molecule has 0 aliphatic rings. The van der Waals surface area contributed by atoms with E-state index in [2.05, 4.69) is 9.73 Å². The van der Waals surface area contributed by atoms with Gasteiger partial charge >= 0.3 is 5.97 Å². The van der Waals surface area contributed by atoms with Gasteiger partial charge < -0.3 is 9.30 Å². The molecule has 12 heteroatoms. The number of non-ortho nitro benzene ring substituents is 1. The minimum Gasteiger partial charge on any atom is -0.468 e. The van der Waals surface area contributed by atoms with Gasteiger partial charge in [-0.3, -0.25) is 29.8 Å². The zero-order valence-corrected chi connectivity index (χ0v) is 16.5. The predicted octanol–water partition coefficient (Wildman–Crippen LogP) is 2.74. The highest BCUT2D eigenvalue weighted by molar-refractivity contribution is 7.16. The van der Waals surface area contributed by atoms with Crippen LogP contribution in [0.25, 0.3) is 10.2 Å². The molecule has 30 heavy (non-hydrogen) atoms. The van der Waals surface area contributed by atoms with Crippen molar-refractivity contribution >= 4 is 44.8 Å². The summed E-state index contributed by atoms with van der Waals surface area (Å²) in [5.74, 6) is -1.34. The minimum atomic E-state index is -0.740. The number of esters is 1. The fourth-order valence-electron chi connectivity index (χ4n) is 2.81. The van der Waals surface area contributed by atoms with Gasteiger partial charge in [0.15, 0.2) is 4.80 Å². The summed E-state index contributed by atoms with van der Waals surface area (Å²) in [5, 5.41) is 22.2. The summed E-state index contributed by atoms with van der Waals surface area (Å²) >= 11 is 0.977. The second-order valence-corrected chi connectivity index (χ2v) is 7.09. The van der Waals surface area contributed by atoms with Gasteiger partial charge in [0.05, 0.1) is 32.7 Å². The summed E-state index contributed by atoms with van der Waals surface area (Å²) in [4.78, 5) is 49.7. The standard InChI is InChI=1S/C18H14N4O7S/c1-10-12(4-3-5-13(10)22(27)28)17(24)19-18-20(9-16(23)29-2)14-7-6-11(21(25)26)8-15(14)30-18/h3-8H,9H2,1-2H3. The van der Waals surface area contributed by atoms with Crippen molar-refractivity contribution in [3.8, 4) is 0 Å². The first kappa shape index (κ1) is 20.8. The molecule has 3 aromatic rings. The number of amides is 1. The highest BCUT2D eigenvalue weighted by Gasteiger charge is 2.19. The van der Waals surface area contributed by atoms with Gasteiger partial charge in [-0.1, -0.05) is 17.4 Å². The molecule has 2 aromatic carbocycles. The maximum absolute atomic E-state index is 12.7. The Balaban J connectivity index is 2.19. The highest BCUT2D eigenvalue weighted by atomic mass is 32.1. The maximum Gasteiger partial charge on any atom is 0.325 e. The molecule has 0 aliphatic carbocycles. The number of aromatic nitrogens is 1. The van der Waals surface area contributed by atoms with Gasteiger partial charge in [-0.2, -0.15) is 4.99 Å². The Morgan fingerprint density at radius 1 is 1.17 bits per heavy atom. The molecule has 1 amide bonds. The molecule has 3 rings (SSSR count). The fraction of sp³-hybridized carbons (Fsp3) is 0.167. The molecule has 0 spiro atoms. The van der Waals surface area contributed by atoms with Crippen LogP contribution in [-0.4, -0.2) is 33.4 Å². The number of rotatable bonds is 5. The molecule has 0 saturated heterocycles. The predicted molar refractivity (Wildman–Crippen MR) is 106 cm³/mol. The number of hydrogen-bond acceptors (Lipinski definition) is 8. The first-order valence-corrected chi connectivity index (χ1v) is 9.22. The quantitative estimate of drug-likeness (QED) is 0.343. The van der Waals surface area contributed by atoms with E-state index in [1.807, 2.05) is 0 Å². The average Bonchev–Trinajstić information content (AvgIpc) is 3.03. The largest absolute Gasteiger partial charge is 0.468 e. The molecule has 0 fully saturated rings. The normalized spacial score (nSPS) is 11.5. The number of carbonyl (C=O) groups is 2. The molecule has 11 nitrogen and oxygen atoms in total. The molecule has 154 valence electrons. The molecule has 0 atom stereocenters. The molecule has 0 unspecified atom stereocenters. The van der Waals surface area contributed by atoms with Crippen LogP contribution < -0.4 is 4.80 Å². The Morgan fingerprint density at radius 3 is 2.53 bits per heavy atom. The van der Waals surface area contributed by atoms with Crippen molar-refractivity contribution in [3.05, 3.63) is 72.6 Å². The van der Waals surface area contributed by atoms with Crippen LogP contribution in [0.2, 0.25) is 0 Å². The SMILES string of the molecule is COC(=O)Cn1c(=NC(=O)c2cccc([N+](=O)[O-])c2C)sc2cc([N+](=O)[O-])ccc21. The Kier molecular flexibility index (Phi) is 5.69. The number of nitro benzene ring substituents is 2. The van der Waals surface area contributed by atoms with E-state index in [4.69, 9.17) is 0 Å². The summed E-state index contributed by atoms with van der Waals surface area (Å²) in [7, 11) is 1.21. The summed E-state index contributed by atoms with van der Waals surface area (Å²) in [5.41, 5.74) is 0.287. The number of nitro groups is 2. The molecule has 0 aliphatic heterocycles. The molecule has 0 N–H and O–H groups in total. The smallest absolute Gasteiger partial charge is 0.325 e. The lowest BCUT2D eigenvalue weighted by Gasteiger charge is -2.04. The van der Waals surface area contributed by atoms with Crippen LogP contribution in [-0.2, 0) is 16.1 Å². The number of carbonyl (C=O) groups excluding carboxylic acids is 2. The van der Waals surface area contributed by atoms with Gasteiger partial charge in [-0.25, -0.2) is 0 Å². The Bertz CT molecular complexity index is 1280. The molecular weight excluding hydrogens is 416 g/mol. The van der Waals surface area contributed by atoms with E-state index in [0.29, 0.717) is 10.2 Å². The molecule has 0 saturated carbocycles. The number of benzene rings is 2.